The van der Waals surface area contributed by atoms with E-state index in [0.717, 1.165) is 16.6 Å². The van der Waals surface area contributed by atoms with Crippen LogP contribution in [0.25, 0.3) is 11.0 Å². The molecular formula is C21H26N4O2. The minimum absolute atomic E-state index is 0.0618. The normalized spacial score (nSPS) is 11.1. The van der Waals surface area contributed by atoms with E-state index in [4.69, 9.17) is 4.74 Å². The largest absolute Gasteiger partial charge is 0.377 e. The van der Waals surface area contributed by atoms with Crippen LogP contribution in [0.1, 0.15) is 19.4 Å². The SMILES string of the molecule is CC(C)OCCNC(=O)Cn1c(NCc2ccccc2)nc2ccccc21. The van der Waals surface area contributed by atoms with Crippen LogP contribution in [0.15, 0.2) is 54.6 Å². The molecule has 0 aliphatic rings. The number of nitrogens with zero attached hydrogens (tertiary/aromatic N) is 2. The highest BCUT2D eigenvalue weighted by molar-refractivity contribution is 5.83. The first kappa shape index (κ1) is 18.9. The van der Waals surface area contributed by atoms with E-state index in [1.54, 1.807) is 0 Å². The van der Waals surface area contributed by atoms with Crippen molar-refractivity contribution in [1.29, 1.82) is 0 Å². The molecule has 0 saturated heterocycles. The first-order valence-electron chi connectivity index (χ1n) is 9.25. The third kappa shape index (κ3) is 5.31. The van der Waals surface area contributed by atoms with Gasteiger partial charge in [0.1, 0.15) is 6.54 Å². The third-order valence-corrected chi connectivity index (χ3v) is 4.13. The molecule has 0 saturated carbocycles. The molecule has 0 aliphatic carbocycles. The summed E-state index contributed by atoms with van der Waals surface area (Å²) in [5.41, 5.74) is 2.96. The molecule has 0 bridgehead atoms. The Bertz CT molecular complexity index is 874. The van der Waals surface area contributed by atoms with Gasteiger partial charge in [0.25, 0.3) is 0 Å². The lowest BCUT2D eigenvalue weighted by molar-refractivity contribution is -0.121. The van der Waals surface area contributed by atoms with E-state index in [1.807, 2.05) is 60.9 Å². The van der Waals surface area contributed by atoms with Crippen molar-refractivity contribution in [3.63, 3.8) is 0 Å². The summed E-state index contributed by atoms with van der Waals surface area (Å²) in [6.07, 6.45) is 0.160. The Kier molecular flexibility index (Phi) is 6.44. The summed E-state index contributed by atoms with van der Waals surface area (Å²) in [6.45, 7) is 5.81. The Morgan fingerprint density at radius 3 is 2.63 bits per heavy atom. The number of para-hydroxylation sites is 2. The van der Waals surface area contributed by atoms with Crippen molar-refractivity contribution < 1.29 is 9.53 Å². The standard InChI is InChI=1S/C21H26N4O2/c1-16(2)27-13-12-22-20(26)15-25-19-11-7-6-10-18(19)24-21(25)23-14-17-8-4-3-5-9-17/h3-11,16H,12-15H2,1-2H3,(H,22,26)(H,23,24). The van der Waals surface area contributed by atoms with Crippen molar-refractivity contribution in [2.75, 3.05) is 18.5 Å². The monoisotopic (exact) mass is 366 g/mol. The topological polar surface area (TPSA) is 68.2 Å². The molecule has 27 heavy (non-hydrogen) atoms. The van der Waals surface area contributed by atoms with E-state index in [2.05, 4.69) is 27.8 Å². The molecule has 2 N–H and O–H groups in total. The minimum atomic E-state index is -0.0618. The molecule has 1 heterocycles. The molecule has 1 amide bonds. The lowest BCUT2D eigenvalue weighted by atomic mass is 10.2. The zero-order chi connectivity index (χ0) is 19.1. The Balaban J connectivity index is 1.69. The van der Waals surface area contributed by atoms with Crippen molar-refractivity contribution in [2.45, 2.75) is 33.0 Å². The number of aromatic nitrogens is 2. The van der Waals surface area contributed by atoms with Crippen LogP contribution >= 0.6 is 0 Å². The average Bonchev–Trinajstić information content (AvgIpc) is 3.02. The maximum absolute atomic E-state index is 12.4. The van der Waals surface area contributed by atoms with Crippen LogP contribution in [-0.4, -0.2) is 34.7 Å². The summed E-state index contributed by atoms with van der Waals surface area (Å²) in [5, 5.41) is 6.26. The van der Waals surface area contributed by atoms with Gasteiger partial charge in [-0.05, 0) is 31.5 Å². The maximum atomic E-state index is 12.4. The number of ether oxygens (including phenoxy) is 1. The zero-order valence-electron chi connectivity index (χ0n) is 15.8. The van der Waals surface area contributed by atoms with Crippen LogP contribution in [0, 0.1) is 0 Å². The molecule has 3 rings (SSSR count). The molecule has 142 valence electrons. The predicted molar refractivity (Wildman–Crippen MR) is 108 cm³/mol. The van der Waals surface area contributed by atoms with E-state index in [-0.39, 0.29) is 18.6 Å². The number of nitrogens with one attached hydrogen (secondary N) is 2. The van der Waals surface area contributed by atoms with E-state index in [9.17, 15) is 4.79 Å². The summed E-state index contributed by atoms with van der Waals surface area (Å²) in [7, 11) is 0. The second-order valence-corrected chi connectivity index (χ2v) is 6.62. The fraction of sp³-hybridized carbons (Fsp3) is 0.333. The van der Waals surface area contributed by atoms with Gasteiger partial charge in [0.15, 0.2) is 0 Å². The predicted octanol–water partition coefficient (Wildman–Crippen LogP) is 3.19. The quantitative estimate of drug-likeness (QED) is 0.571. The second kappa shape index (κ2) is 9.19. The molecule has 2 aromatic carbocycles. The number of hydrogen-bond acceptors (Lipinski definition) is 4. The van der Waals surface area contributed by atoms with Crippen LogP contribution in [0.4, 0.5) is 5.95 Å². The minimum Gasteiger partial charge on any atom is -0.377 e. The summed E-state index contributed by atoms with van der Waals surface area (Å²) in [4.78, 5) is 17.0. The Labute approximate surface area is 159 Å². The number of carbonyl (C=O) groups excluding carboxylic acids is 1. The van der Waals surface area contributed by atoms with Gasteiger partial charge in [-0.3, -0.25) is 4.79 Å². The van der Waals surface area contributed by atoms with E-state index in [1.165, 1.54) is 0 Å². The summed E-state index contributed by atoms with van der Waals surface area (Å²) in [6, 6.07) is 18.0. The number of carbonyl (C=O) groups is 1. The van der Waals surface area contributed by atoms with Crippen LogP contribution in [0.2, 0.25) is 0 Å². The first-order chi connectivity index (χ1) is 13.1. The van der Waals surface area contributed by atoms with Crippen molar-refractivity contribution in [3.05, 3.63) is 60.2 Å². The summed E-state index contributed by atoms with van der Waals surface area (Å²) >= 11 is 0. The molecule has 0 radical (unpaired) electrons. The van der Waals surface area contributed by atoms with Crippen molar-refractivity contribution in [2.24, 2.45) is 0 Å². The molecule has 0 atom stereocenters. The molecule has 0 fully saturated rings. The Hall–Kier alpha value is -2.86. The van der Waals surface area contributed by atoms with Gasteiger partial charge in [0.05, 0.1) is 23.7 Å². The highest BCUT2D eigenvalue weighted by Crippen LogP contribution is 2.20. The smallest absolute Gasteiger partial charge is 0.240 e. The maximum Gasteiger partial charge on any atom is 0.240 e. The third-order valence-electron chi connectivity index (χ3n) is 4.13. The van der Waals surface area contributed by atoms with Gasteiger partial charge in [0, 0.05) is 13.1 Å². The fourth-order valence-electron chi connectivity index (χ4n) is 2.83. The number of rotatable bonds is 9. The fourth-order valence-corrected chi connectivity index (χ4v) is 2.83. The average molecular weight is 366 g/mol. The lowest BCUT2D eigenvalue weighted by Crippen LogP contribution is -2.31. The van der Waals surface area contributed by atoms with Crippen molar-refractivity contribution >= 4 is 22.9 Å². The van der Waals surface area contributed by atoms with E-state index < -0.39 is 0 Å². The van der Waals surface area contributed by atoms with Gasteiger partial charge in [-0.25, -0.2) is 4.98 Å². The van der Waals surface area contributed by atoms with Crippen LogP contribution in [-0.2, 0) is 22.6 Å². The number of hydrogen-bond donors (Lipinski definition) is 2. The second-order valence-electron chi connectivity index (χ2n) is 6.62. The van der Waals surface area contributed by atoms with Crippen LogP contribution in [0.5, 0.6) is 0 Å². The summed E-state index contributed by atoms with van der Waals surface area (Å²) in [5.74, 6) is 0.627. The van der Waals surface area contributed by atoms with Gasteiger partial charge >= 0.3 is 0 Å². The van der Waals surface area contributed by atoms with Crippen LogP contribution < -0.4 is 10.6 Å². The lowest BCUT2D eigenvalue weighted by Gasteiger charge is -2.12. The molecule has 0 aliphatic heterocycles. The number of anilines is 1. The van der Waals surface area contributed by atoms with Gasteiger partial charge in [0.2, 0.25) is 11.9 Å². The number of benzene rings is 2. The number of imidazole rings is 1. The van der Waals surface area contributed by atoms with Crippen molar-refractivity contribution in [3.8, 4) is 0 Å². The molecule has 0 unspecified atom stereocenters. The van der Waals surface area contributed by atoms with Gasteiger partial charge in [-0.15, -0.1) is 0 Å². The molecular weight excluding hydrogens is 340 g/mol. The molecule has 3 aromatic rings. The highest BCUT2D eigenvalue weighted by atomic mass is 16.5. The van der Waals surface area contributed by atoms with Gasteiger partial charge in [-0.1, -0.05) is 42.5 Å². The zero-order valence-corrected chi connectivity index (χ0v) is 15.8. The molecule has 1 aromatic heterocycles. The molecule has 6 heteroatoms. The summed E-state index contributed by atoms with van der Waals surface area (Å²) < 4.78 is 7.38. The first-order valence-corrected chi connectivity index (χ1v) is 9.25. The van der Waals surface area contributed by atoms with E-state index in [0.29, 0.717) is 25.6 Å². The van der Waals surface area contributed by atoms with E-state index >= 15 is 0 Å². The number of amides is 1. The molecule has 0 spiro atoms. The van der Waals surface area contributed by atoms with Crippen LogP contribution in [0.3, 0.4) is 0 Å². The molecule has 6 nitrogen and oxygen atoms in total. The van der Waals surface area contributed by atoms with Gasteiger partial charge in [-0.2, -0.15) is 0 Å². The van der Waals surface area contributed by atoms with Crippen molar-refractivity contribution in [1.82, 2.24) is 14.9 Å². The highest BCUT2D eigenvalue weighted by Gasteiger charge is 2.13. The van der Waals surface area contributed by atoms with Gasteiger partial charge < -0.3 is 19.9 Å². The Morgan fingerprint density at radius 2 is 1.85 bits per heavy atom. The number of fused-ring (bicyclic) bond motifs is 1. The Morgan fingerprint density at radius 1 is 1.11 bits per heavy atom.